The second-order valence-electron chi connectivity index (χ2n) is 3.92. The van der Waals surface area contributed by atoms with Crippen LogP contribution in [0.2, 0.25) is 0 Å². The number of carbonyl (C=O) groups is 2. The van der Waals surface area contributed by atoms with Gasteiger partial charge < -0.3 is 15.5 Å². The van der Waals surface area contributed by atoms with E-state index in [1.165, 1.54) is 0 Å². The van der Waals surface area contributed by atoms with Gasteiger partial charge in [-0.2, -0.15) is 0 Å². The molecule has 0 aromatic rings. The first-order valence-electron chi connectivity index (χ1n) is 4.70. The summed E-state index contributed by atoms with van der Waals surface area (Å²) in [4.78, 5) is 21.9. The molecule has 7 nitrogen and oxygen atoms in total. The quantitative estimate of drug-likeness (QED) is 0.419. The van der Waals surface area contributed by atoms with Crippen LogP contribution in [-0.4, -0.2) is 58.9 Å². The van der Waals surface area contributed by atoms with E-state index in [9.17, 15) is 9.59 Å². The monoisotopic (exact) mass is 215 g/mol. The summed E-state index contributed by atoms with van der Waals surface area (Å²) in [5.74, 6) is -2.43. The molecule has 0 radical (unpaired) electrons. The number of carboxylic acid groups (broad SMARTS) is 2. The van der Waals surface area contributed by atoms with Gasteiger partial charge in [0.2, 0.25) is 0 Å². The molecule has 0 amide bonds. The Morgan fingerprint density at radius 1 is 1.27 bits per heavy atom. The minimum atomic E-state index is -1.01. The van der Waals surface area contributed by atoms with Gasteiger partial charge >= 0.3 is 11.9 Å². The molecule has 4 N–H and O–H groups in total. The number of nitrogens with zero attached hydrogens (tertiary/aromatic N) is 1. The van der Waals surface area contributed by atoms with E-state index < -0.39 is 29.9 Å². The molecule has 7 heteroatoms. The van der Waals surface area contributed by atoms with Crippen LogP contribution in [0.1, 0.15) is 0 Å². The Hall–Kier alpha value is -1.18. The number of hydrazine groups is 1. The van der Waals surface area contributed by atoms with Crippen molar-refractivity contribution in [1.82, 2.24) is 15.8 Å². The second kappa shape index (κ2) is 3.44. The van der Waals surface area contributed by atoms with E-state index in [4.69, 9.17) is 10.2 Å². The lowest BCUT2D eigenvalue weighted by molar-refractivity contribution is -0.143. The number of rotatable bonds is 2. The Kier molecular flexibility index (Phi) is 2.37. The summed E-state index contributed by atoms with van der Waals surface area (Å²) in [6.45, 7) is 0.495. The SMILES string of the molecule is CN1NC(C(=O)O)[C@@H]2[C@@H](C(=O)O)NC[C@@H]21. The Morgan fingerprint density at radius 2 is 1.87 bits per heavy atom. The average molecular weight is 215 g/mol. The van der Waals surface area contributed by atoms with Gasteiger partial charge in [0.1, 0.15) is 12.1 Å². The van der Waals surface area contributed by atoms with Gasteiger partial charge in [-0.05, 0) is 0 Å². The van der Waals surface area contributed by atoms with Crippen LogP contribution in [0, 0.1) is 5.92 Å². The average Bonchev–Trinajstić information content (AvgIpc) is 2.66. The van der Waals surface area contributed by atoms with Crippen LogP contribution in [0.5, 0.6) is 0 Å². The van der Waals surface area contributed by atoms with E-state index in [2.05, 4.69) is 10.7 Å². The maximum Gasteiger partial charge on any atom is 0.322 e. The Balaban J connectivity index is 2.24. The highest BCUT2D eigenvalue weighted by molar-refractivity contribution is 5.80. The second-order valence-corrected chi connectivity index (χ2v) is 3.92. The van der Waals surface area contributed by atoms with Gasteiger partial charge in [-0.3, -0.25) is 9.59 Å². The van der Waals surface area contributed by atoms with Gasteiger partial charge in [0.05, 0.1) is 0 Å². The van der Waals surface area contributed by atoms with E-state index >= 15 is 0 Å². The molecule has 4 atom stereocenters. The Bertz CT molecular complexity index is 308. The van der Waals surface area contributed by atoms with Gasteiger partial charge in [0.25, 0.3) is 0 Å². The topological polar surface area (TPSA) is 102 Å². The number of likely N-dealkylation sites (N-methyl/N-ethyl adjacent to an activating group) is 1. The lowest BCUT2D eigenvalue weighted by atomic mass is 9.91. The molecule has 2 aliphatic rings. The van der Waals surface area contributed by atoms with Crippen LogP contribution in [0.3, 0.4) is 0 Å². The van der Waals surface area contributed by atoms with Gasteiger partial charge in [0.15, 0.2) is 0 Å². The van der Waals surface area contributed by atoms with Crippen molar-refractivity contribution in [2.24, 2.45) is 5.92 Å². The predicted octanol–water partition coefficient (Wildman–Crippen LogP) is -2.07. The molecule has 2 aliphatic heterocycles. The summed E-state index contributed by atoms with van der Waals surface area (Å²) < 4.78 is 0. The zero-order valence-corrected chi connectivity index (χ0v) is 8.17. The van der Waals surface area contributed by atoms with Crippen molar-refractivity contribution in [3.8, 4) is 0 Å². The molecule has 0 saturated carbocycles. The number of carboxylic acids is 2. The molecule has 0 aromatic carbocycles. The van der Waals surface area contributed by atoms with Crippen LogP contribution in [-0.2, 0) is 9.59 Å². The van der Waals surface area contributed by atoms with Crippen molar-refractivity contribution in [2.45, 2.75) is 18.1 Å². The third kappa shape index (κ3) is 1.48. The van der Waals surface area contributed by atoms with E-state index in [0.29, 0.717) is 6.54 Å². The summed E-state index contributed by atoms with van der Waals surface area (Å²) in [6, 6.07) is -1.68. The van der Waals surface area contributed by atoms with Gasteiger partial charge in [-0.1, -0.05) is 0 Å². The first-order chi connectivity index (χ1) is 7.02. The molecular formula is C8H13N3O4. The molecule has 0 aromatic heterocycles. The lowest BCUT2D eigenvalue weighted by Crippen LogP contribution is -2.47. The smallest absolute Gasteiger partial charge is 0.322 e. The number of hydrogen-bond acceptors (Lipinski definition) is 5. The van der Waals surface area contributed by atoms with Crippen molar-refractivity contribution in [1.29, 1.82) is 0 Å². The predicted molar refractivity (Wildman–Crippen MR) is 49.0 cm³/mol. The maximum absolute atomic E-state index is 10.9. The number of hydrogen-bond donors (Lipinski definition) is 4. The van der Waals surface area contributed by atoms with Gasteiger partial charge in [0, 0.05) is 25.6 Å². The minimum Gasteiger partial charge on any atom is -0.480 e. The molecule has 2 rings (SSSR count). The molecule has 15 heavy (non-hydrogen) atoms. The van der Waals surface area contributed by atoms with E-state index in [0.717, 1.165) is 0 Å². The molecule has 0 aliphatic carbocycles. The summed E-state index contributed by atoms with van der Waals surface area (Å²) in [6.07, 6.45) is 0. The van der Waals surface area contributed by atoms with E-state index in [-0.39, 0.29) is 6.04 Å². The number of aliphatic carboxylic acids is 2. The highest BCUT2D eigenvalue weighted by atomic mass is 16.4. The summed E-state index contributed by atoms with van der Waals surface area (Å²) >= 11 is 0. The third-order valence-corrected chi connectivity index (χ3v) is 3.13. The zero-order valence-electron chi connectivity index (χ0n) is 8.17. The van der Waals surface area contributed by atoms with Crippen molar-refractivity contribution in [3.63, 3.8) is 0 Å². The fourth-order valence-electron chi connectivity index (χ4n) is 2.42. The van der Waals surface area contributed by atoms with Crippen molar-refractivity contribution in [3.05, 3.63) is 0 Å². The normalized spacial score (nSPS) is 40.3. The maximum atomic E-state index is 10.9. The molecule has 84 valence electrons. The molecule has 0 spiro atoms. The zero-order chi connectivity index (χ0) is 11.2. The van der Waals surface area contributed by atoms with Crippen molar-refractivity contribution in [2.75, 3.05) is 13.6 Å². The fourth-order valence-corrected chi connectivity index (χ4v) is 2.42. The Labute approximate surface area is 86.0 Å². The molecule has 2 fully saturated rings. The first kappa shape index (κ1) is 10.3. The highest BCUT2D eigenvalue weighted by Gasteiger charge is 2.53. The van der Waals surface area contributed by atoms with Gasteiger partial charge in [-0.15, -0.1) is 0 Å². The highest BCUT2D eigenvalue weighted by Crippen LogP contribution is 2.29. The molecule has 0 bridgehead atoms. The van der Waals surface area contributed by atoms with Crippen LogP contribution < -0.4 is 10.7 Å². The molecule has 2 saturated heterocycles. The summed E-state index contributed by atoms with van der Waals surface area (Å²) in [5, 5.41) is 22.4. The number of nitrogens with one attached hydrogen (secondary N) is 2. The standard InChI is InChI=1S/C8H13N3O4/c1-11-3-2-9-5(7(12)13)4(3)6(10-11)8(14)15/h3-6,9-10H,2H2,1H3,(H,12,13)(H,14,15)/t3-,4-,5-,6?/m0/s1. The van der Waals surface area contributed by atoms with Crippen LogP contribution in [0.25, 0.3) is 0 Å². The first-order valence-corrected chi connectivity index (χ1v) is 4.70. The molecule has 2 heterocycles. The Morgan fingerprint density at radius 3 is 2.40 bits per heavy atom. The van der Waals surface area contributed by atoms with Crippen LogP contribution >= 0.6 is 0 Å². The summed E-state index contributed by atoms with van der Waals surface area (Å²) in [7, 11) is 1.73. The van der Waals surface area contributed by atoms with Crippen molar-refractivity contribution < 1.29 is 19.8 Å². The summed E-state index contributed by atoms with van der Waals surface area (Å²) in [5.41, 5.74) is 2.77. The number of fused-ring (bicyclic) bond motifs is 1. The van der Waals surface area contributed by atoms with E-state index in [1.807, 2.05) is 0 Å². The van der Waals surface area contributed by atoms with E-state index in [1.54, 1.807) is 12.1 Å². The lowest BCUT2D eigenvalue weighted by Gasteiger charge is -2.17. The molecule has 1 unspecified atom stereocenters. The fraction of sp³-hybridized carbons (Fsp3) is 0.750. The van der Waals surface area contributed by atoms with Crippen LogP contribution in [0.15, 0.2) is 0 Å². The van der Waals surface area contributed by atoms with Crippen molar-refractivity contribution >= 4 is 11.9 Å². The van der Waals surface area contributed by atoms with Crippen LogP contribution in [0.4, 0.5) is 0 Å². The molecular weight excluding hydrogens is 202 g/mol. The largest absolute Gasteiger partial charge is 0.480 e. The minimum absolute atomic E-state index is 0.0767. The van der Waals surface area contributed by atoms with Gasteiger partial charge in [-0.25, -0.2) is 10.4 Å². The third-order valence-electron chi connectivity index (χ3n) is 3.13.